The fraction of sp³-hybridized carbons (Fsp3) is 0.316. The average molecular weight is 428 g/mol. The summed E-state index contributed by atoms with van der Waals surface area (Å²) in [7, 11) is -2.26. The fourth-order valence-corrected chi connectivity index (χ4v) is 4.46. The summed E-state index contributed by atoms with van der Waals surface area (Å²) in [5.41, 5.74) is -0.977. The summed E-state index contributed by atoms with van der Waals surface area (Å²) in [4.78, 5) is 14.0. The molecule has 0 bridgehead atoms. The first-order valence-corrected chi connectivity index (χ1v) is 10.2. The number of carbonyl (C=O) groups excluding carboxylic acids is 1. The summed E-state index contributed by atoms with van der Waals surface area (Å²) < 4.78 is 70.3. The van der Waals surface area contributed by atoms with Gasteiger partial charge in [0.15, 0.2) is 0 Å². The molecule has 0 N–H and O–H groups in total. The lowest BCUT2D eigenvalue weighted by Gasteiger charge is -2.34. The first-order valence-electron chi connectivity index (χ1n) is 8.73. The first-order chi connectivity index (χ1) is 13.6. The van der Waals surface area contributed by atoms with Crippen molar-refractivity contribution in [3.8, 4) is 5.75 Å². The van der Waals surface area contributed by atoms with Gasteiger partial charge < -0.3 is 9.64 Å². The van der Waals surface area contributed by atoms with E-state index in [-0.39, 0.29) is 36.6 Å². The van der Waals surface area contributed by atoms with Crippen LogP contribution in [0.1, 0.15) is 15.9 Å². The monoisotopic (exact) mass is 428 g/mol. The minimum Gasteiger partial charge on any atom is -0.497 e. The third-order valence-electron chi connectivity index (χ3n) is 4.66. The second kappa shape index (κ2) is 8.03. The highest BCUT2D eigenvalue weighted by Gasteiger charge is 2.33. The topological polar surface area (TPSA) is 66.9 Å². The second-order valence-electron chi connectivity index (χ2n) is 6.45. The summed E-state index contributed by atoms with van der Waals surface area (Å²) in [6, 6.07) is 10.2. The highest BCUT2D eigenvalue weighted by atomic mass is 32.2. The number of hydrogen-bond acceptors (Lipinski definition) is 4. The molecule has 1 heterocycles. The van der Waals surface area contributed by atoms with Gasteiger partial charge in [-0.2, -0.15) is 17.5 Å². The maximum Gasteiger partial charge on any atom is 0.416 e. The van der Waals surface area contributed by atoms with Crippen LogP contribution in [0.15, 0.2) is 53.4 Å². The molecule has 6 nitrogen and oxygen atoms in total. The van der Waals surface area contributed by atoms with Crippen molar-refractivity contribution in [1.82, 2.24) is 9.21 Å². The normalized spacial score (nSPS) is 15.9. The van der Waals surface area contributed by atoms with Crippen molar-refractivity contribution < 1.29 is 31.1 Å². The molecule has 1 aliphatic rings. The number of hydrogen-bond donors (Lipinski definition) is 0. The summed E-state index contributed by atoms with van der Waals surface area (Å²) in [6.07, 6.45) is -4.54. The van der Waals surface area contributed by atoms with Crippen molar-refractivity contribution in [3.63, 3.8) is 0 Å². The molecule has 0 aliphatic carbocycles. The van der Waals surface area contributed by atoms with E-state index in [1.807, 2.05) is 0 Å². The summed E-state index contributed by atoms with van der Waals surface area (Å²) >= 11 is 0. The number of benzene rings is 2. The third kappa shape index (κ3) is 4.54. The molecule has 29 heavy (non-hydrogen) atoms. The zero-order chi connectivity index (χ0) is 21.2. The fourth-order valence-electron chi connectivity index (χ4n) is 3.04. The van der Waals surface area contributed by atoms with Crippen LogP contribution in [-0.4, -0.2) is 56.8 Å². The van der Waals surface area contributed by atoms with E-state index in [9.17, 15) is 26.4 Å². The molecule has 156 valence electrons. The van der Waals surface area contributed by atoms with E-state index in [4.69, 9.17) is 4.74 Å². The number of methoxy groups -OCH3 is 1. The van der Waals surface area contributed by atoms with Crippen LogP contribution in [0.5, 0.6) is 5.75 Å². The minimum absolute atomic E-state index is 0.0546. The molecule has 3 rings (SSSR count). The van der Waals surface area contributed by atoms with Gasteiger partial charge in [-0.15, -0.1) is 0 Å². The van der Waals surface area contributed by atoms with Gasteiger partial charge in [0.1, 0.15) is 5.75 Å². The molecule has 1 fully saturated rings. The Hall–Kier alpha value is -2.59. The molecule has 0 atom stereocenters. The van der Waals surface area contributed by atoms with Crippen molar-refractivity contribution in [1.29, 1.82) is 0 Å². The third-order valence-corrected chi connectivity index (χ3v) is 6.57. The van der Waals surface area contributed by atoms with Gasteiger partial charge in [-0.3, -0.25) is 4.79 Å². The summed E-state index contributed by atoms with van der Waals surface area (Å²) in [5.74, 6) is -0.0296. The van der Waals surface area contributed by atoms with E-state index < -0.39 is 27.7 Å². The van der Waals surface area contributed by atoms with Crippen molar-refractivity contribution >= 4 is 15.9 Å². The molecule has 10 heteroatoms. The maximum absolute atomic E-state index is 12.9. The number of alkyl halides is 3. The van der Waals surface area contributed by atoms with E-state index in [1.165, 1.54) is 40.6 Å². The van der Waals surface area contributed by atoms with Crippen molar-refractivity contribution in [2.24, 2.45) is 0 Å². The molecule has 0 unspecified atom stereocenters. The van der Waals surface area contributed by atoms with Gasteiger partial charge in [0.2, 0.25) is 10.0 Å². The van der Waals surface area contributed by atoms with Crippen LogP contribution in [0.2, 0.25) is 0 Å². The Balaban J connectivity index is 1.69. The smallest absolute Gasteiger partial charge is 0.416 e. The quantitative estimate of drug-likeness (QED) is 0.751. The van der Waals surface area contributed by atoms with Crippen LogP contribution in [0.3, 0.4) is 0 Å². The summed E-state index contributed by atoms with van der Waals surface area (Å²) in [5, 5.41) is 0. The largest absolute Gasteiger partial charge is 0.497 e. The number of carbonyl (C=O) groups is 1. The molecule has 1 amide bonds. The van der Waals surface area contributed by atoms with Crippen LogP contribution in [0.25, 0.3) is 0 Å². The van der Waals surface area contributed by atoms with Gasteiger partial charge in [0.25, 0.3) is 5.91 Å². The zero-order valence-electron chi connectivity index (χ0n) is 15.5. The SMILES string of the molecule is COc1ccc(S(=O)(=O)N2CCN(C(=O)c3cccc(C(F)(F)F)c3)CC2)cc1. The van der Waals surface area contributed by atoms with Gasteiger partial charge in [-0.25, -0.2) is 8.42 Å². The number of amides is 1. The predicted molar refractivity (Wildman–Crippen MR) is 99.1 cm³/mol. The minimum atomic E-state index is -4.54. The molecule has 1 saturated heterocycles. The Bertz CT molecular complexity index is 983. The van der Waals surface area contributed by atoms with Crippen LogP contribution in [-0.2, 0) is 16.2 Å². The molecule has 0 saturated carbocycles. The Morgan fingerprint density at radius 3 is 2.17 bits per heavy atom. The standard InChI is InChI=1S/C19H19F3N2O4S/c1-28-16-5-7-17(8-6-16)29(26,27)24-11-9-23(10-12-24)18(25)14-3-2-4-15(13-14)19(20,21)22/h2-8,13H,9-12H2,1H3. The number of nitrogens with zero attached hydrogens (tertiary/aromatic N) is 2. The lowest BCUT2D eigenvalue weighted by Crippen LogP contribution is -2.50. The number of sulfonamides is 1. The molecule has 0 aromatic heterocycles. The average Bonchev–Trinajstić information content (AvgIpc) is 2.73. The van der Waals surface area contributed by atoms with Crippen molar-refractivity contribution in [2.75, 3.05) is 33.3 Å². The lowest BCUT2D eigenvalue weighted by atomic mass is 10.1. The van der Waals surface area contributed by atoms with E-state index in [2.05, 4.69) is 0 Å². The van der Waals surface area contributed by atoms with Crippen LogP contribution < -0.4 is 4.74 Å². The molecule has 2 aromatic carbocycles. The van der Waals surface area contributed by atoms with Crippen molar-refractivity contribution in [2.45, 2.75) is 11.1 Å². The molecular formula is C19H19F3N2O4S. The Labute approximate surface area is 166 Å². The van der Waals surface area contributed by atoms with Crippen LogP contribution >= 0.6 is 0 Å². The van der Waals surface area contributed by atoms with Crippen molar-refractivity contribution in [3.05, 3.63) is 59.7 Å². The maximum atomic E-state index is 12.9. The van der Waals surface area contributed by atoms with Gasteiger partial charge in [-0.1, -0.05) is 6.07 Å². The van der Waals surface area contributed by atoms with Gasteiger partial charge >= 0.3 is 6.18 Å². The lowest BCUT2D eigenvalue weighted by molar-refractivity contribution is -0.137. The van der Waals surface area contributed by atoms with E-state index in [0.29, 0.717) is 5.75 Å². The number of piperazine rings is 1. The predicted octanol–water partition coefficient (Wildman–Crippen LogP) is 2.86. The second-order valence-corrected chi connectivity index (χ2v) is 8.39. The molecule has 2 aromatic rings. The molecule has 0 radical (unpaired) electrons. The zero-order valence-corrected chi connectivity index (χ0v) is 16.3. The van der Waals surface area contributed by atoms with E-state index in [1.54, 1.807) is 12.1 Å². The number of halogens is 3. The van der Waals surface area contributed by atoms with E-state index in [0.717, 1.165) is 12.1 Å². The van der Waals surface area contributed by atoms with Gasteiger partial charge in [-0.05, 0) is 42.5 Å². The highest BCUT2D eigenvalue weighted by Crippen LogP contribution is 2.30. The molecule has 1 aliphatic heterocycles. The Morgan fingerprint density at radius 2 is 1.62 bits per heavy atom. The number of ether oxygens (including phenoxy) is 1. The van der Waals surface area contributed by atoms with Crippen LogP contribution in [0.4, 0.5) is 13.2 Å². The molecule has 0 spiro atoms. The Morgan fingerprint density at radius 1 is 1.00 bits per heavy atom. The molecular weight excluding hydrogens is 409 g/mol. The van der Waals surface area contributed by atoms with E-state index >= 15 is 0 Å². The van der Waals surface area contributed by atoms with Gasteiger partial charge in [0.05, 0.1) is 17.6 Å². The first kappa shape index (κ1) is 21.1. The summed E-state index contributed by atoms with van der Waals surface area (Å²) in [6.45, 7) is 0.285. The van der Waals surface area contributed by atoms with Crippen LogP contribution in [0, 0.1) is 0 Å². The highest BCUT2D eigenvalue weighted by molar-refractivity contribution is 7.89. The van der Waals surface area contributed by atoms with Gasteiger partial charge in [0, 0.05) is 31.7 Å². The number of rotatable bonds is 4. The Kier molecular flexibility index (Phi) is 5.85.